The monoisotopic (exact) mass is 616 g/mol. The number of nitrogens with one attached hydrogen (secondary N) is 1. The number of nitrogens with zero attached hydrogens (tertiary/aromatic N) is 3. The van der Waals surface area contributed by atoms with Gasteiger partial charge < -0.3 is 15.0 Å². The lowest BCUT2D eigenvalue weighted by atomic mass is 9.88. The van der Waals surface area contributed by atoms with E-state index in [9.17, 15) is 18.8 Å². The standard InChI is InChI=1S/C34H34ClFN4O4/c1-34(2,3)40-30(24-6-5-7-25(36)18-24)28(20-37-40)31(41)38-26-12-13-29(35)27(19-26)32(42)39-16-14-22(15-17-39)21-8-10-23(11-9-21)33(43)44-4/h5-13,18-20,22H,14-17H2,1-4H3,(H,38,41). The highest BCUT2D eigenvalue weighted by Gasteiger charge is 2.28. The fourth-order valence-corrected chi connectivity index (χ4v) is 5.70. The normalized spacial score (nSPS) is 13.9. The molecule has 228 valence electrons. The van der Waals surface area contributed by atoms with Crippen molar-refractivity contribution in [1.82, 2.24) is 14.7 Å². The van der Waals surface area contributed by atoms with Gasteiger partial charge in [-0.15, -0.1) is 0 Å². The van der Waals surface area contributed by atoms with Gasteiger partial charge in [-0.25, -0.2) is 9.18 Å². The summed E-state index contributed by atoms with van der Waals surface area (Å²) in [7, 11) is 1.35. The Balaban J connectivity index is 1.31. The molecule has 1 aromatic heterocycles. The maximum absolute atomic E-state index is 14.1. The van der Waals surface area contributed by atoms with E-state index < -0.39 is 17.3 Å². The van der Waals surface area contributed by atoms with Gasteiger partial charge in [0.05, 0.1) is 46.3 Å². The number of anilines is 1. The van der Waals surface area contributed by atoms with Crippen LogP contribution in [0.1, 0.15) is 76.2 Å². The molecule has 0 saturated carbocycles. The van der Waals surface area contributed by atoms with E-state index in [1.165, 1.54) is 25.4 Å². The number of esters is 1. The first-order valence-electron chi connectivity index (χ1n) is 14.4. The molecule has 0 unspecified atom stereocenters. The van der Waals surface area contributed by atoms with Crippen molar-refractivity contribution in [2.75, 3.05) is 25.5 Å². The number of benzene rings is 3. The molecule has 3 aromatic carbocycles. The van der Waals surface area contributed by atoms with Crippen LogP contribution < -0.4 is 5.32 Å². The number of piperidine rings is 1. The van der Waals surface area contributed by atoms with E-state index in [4.69, 9.17) is 16.3 Å². The average Bonchev–Trinajstić information content (AvgIpc) is 3.48. The minimum Gasteiger partial charge on any atom is -0.465 e. The van der Waals surface area contributed by atoms with Crippen LogP contribution in [0.5, 0.6) is 0 Å². The maximum Gasteiger partial charge on any atom is 0.337 e. The fraction of sp³-hybridized carbons (Fsp3) is 0.294. The summed E-state index contributed by atoms with van der Waals surface area (Å²) in [6.45, 7) is 6.93. The molecule has 1 saturated heterocycles. The van der Waals surface area contributed by atoms with Crippen LogP contribution in [-0.4, -0.2) is 52.7 Å². The summed E-state index contributed by atoms with van der Waals surface area (Å²) in [5.41, 5.74) is 3.12. The highest BCUT2D eigenvalue weighted by atomic mass is 35.5. The van der Waals surface area contributed by atoms with Crippen LogP contribution in [0.3, 0.4) is 0 Å². The van der Waals surface area contributed by atoms with E-state index in [1.807, 2.05) is 32.9 Å². The number of carbonyl (C=O) groups excluding carboxylic acids is 3. The predicted molar refractivity (Wildman–Crippen MR) is 168 cm³/mol. The number of hydrogen-bond acceptors (Lipinski definition) is 5. The third-order valence-corrected chi connectivity index (χ3v) is 8.12. The van der Waals surface area contributed by atoms with Crippen molar-refractivity contribution < 1.29 is 23.5 Å². The number of hydrogen-bond donors (Lipinski definition) is 1. The molecule has 0 spiro atoms. The number of methoxy groups -OCH3 is 1. The third-order valence-electron chi connectivity index (χ3n) is 7.79. The van der Waals surface area contributed by atoms with Gasteiger partial charge in [-0.2, -0.15) is 5.10 Å². The number of halogens is 2. The van der Waals surface area contributed by atoms with Crippen LogP contribution in [0.2, 0.25) is 5.02 Å². The lowest BCUT2D eigenvalue weighted by Gasteiger charge is -2.32. The van der Waals surface area contributed by atoms with Crippen molar-refractivity contribution in [2.45, 2.75) is 45.1 Å². The quantitative estimate of drug-likeness (QED) is 0.232. The molecule has 8 nitrogen and oxygen atoms in total. The van der Waals surface area contributed by atoms with Crippen molar-refractivity contribution in [1.29, 1.82) is 0 Å². The molecule has 0 radical (unpaired) electrons. The van der Waals surface area contributed by atoms with E-state index in [-0.39, 0.29) is 28.4 Å². The summed E-state index contributed by atoms with van der Waals surface area (Å²) in [5, 5.41) is 7.61. The van der Waals surface area contributed by atoms with Crippen LogP contribution in [0.25, 0.3) is 11.3 Å². The van der Waals surface area contributed by atoms with Crippen LogP contribution in [-0.2, 0) is 10.3 Å². The molecule has 4 aromatic rings. The lowest BCUT2D eigenvalue weighted by molar-refractivity contribution is 0.0599. The first kappa shape index (κ1) is 30.9. The van der Waals surface area contributed by atoms with Gasteiger partial charge in [-0.1, -0.05) is 35.9 Å². The van der Waals surface area contributed by atoms with Crippen LogP contribution in [0.4, 0.5) is 10.1 Å². The summed E-state index contributed by atoms with van der Waals surface area (Å²) in [4.78, 5) is 40.6. The minimum absolute atomic E-state index is 0.216. The minimum atomic E-state index is -0.472. The number of ether oxygens (including phenoxy) is 1. The number of rotatable bonds is 6. The van der Waals surface area contributed by atoms with Crippen molar-refractivity contribution in [3.63, 3.8) is 0 Å². The highest BCUT2D eigenvalue weighted by molar-refractivity contribution is 6.34. The van der Waals surface area contributed by atoms with Crippen molar-refractivity contribution in [3.05, 3.63) is 106 Å². The first-order chi connectivity index (χ1) is 21.0. The second-order valence-electron chi connectivity index (χ2n) is 11.8. The van der Waals surface area contributed by atoms with Crippen LogP contribution >= 0.6 is 11.6 Å². The Kier molecular flexibility index (Phi) is 8.87. The molecule has 1 fully saturated rings. The van der Waals surface area contributed by atoms with E-state index >= 15 is 0 Å². The van der Waals surface area contributed by atoms with E-state index in [0.29, 0.717) is 41.2 Å². The van der Waals surface area contributed by atoms with Gasteiger partial charge in [0, 0.05) is 24.3 Å². The molecule has 2 amide bonds. The Morgan fingerprint density at radius 3 is 2.32 bits per heavy atom. The molecule has 1 N–H and O–H groups in total. The number of amides is 2. The maximum atomic E-state index is 14.1. The Bertz CT molecular complexity index is 1700. The van der Waals surface area contributed by atoms with Gasteiger partial charge in [0.2, 0.25) is 0 Å². The largest absolute Gasteiger partial charge is 0.465 e. The van der Waals surface area contributed by atoms with E-state index in [0.717, 1.165) is 18.4 Å². The van der Waals surface area contributed by atoms with Gasteiger partial charge >= 0.3 is 5.97 Å². The van der Waals surface area contributed by atoms with E-state index in [2.05, 4.69) is 10.4 Å². The zero-order valence-electron chi connectivity index (χ0n) is 25.1. The Hall–Kier alpha value is -4.50. The predicted octanol–water partition coefficient (Wildman–Crippen LogP) is 7.16. The van der Waals surface area contributed by atoms with Crippen molar-refractivity contribution in [2.24, 2.45) is 0 Å². The zero-order valence-corrected chi connectivity index (χ0v) is 25.8. The molecule has 10 heteroatoms. The Labute approximate surface area is 260 Å². The molecule has 44 heavy (non-hydrogen) atoms. The SMILES string of the molecule is COC(=O)c1ccc(C2CCN(C(=O)c3cc(NC(=O)c4cnn(C(C)(C)C)c4-c4cccc(F)c4)ccc3Cl)CC2)cc1. The molecule has 1 aliphatic heterocycles. The number of likely N-dealkylation sites (tertiary alicyclic amines) is 1. The van der Waals surface area contributed by atoms with Gasteiger partial charge in [-0.3, -0.25) is 14.3 Å². The molecule has 2 heterocycles. The molecule has 1 aliphatic rings. The van der Waals surface area contributed by atoms with Crippen molar-refractivity contribution in [3.8, 4) is 11.3 Å². The summed E-state index contributed by atoms with van der Waals surface area (Å²) in [5.74, 6) is -1.20. The second-order valence-corrected chi connectivity index (χ2v) is 12.2. The topological polar surface area (TPSA) is 93.5 Å². The molecule has 0 bridgehead atoms. The summed E-state index contributed by atoms with van der Waals surface area (Å²) in [6.07, 6.45) is 2.99. The Morgan fingerprint density at radius 2 is 1.68 bits per heavy atom. The Morgan fingerprint density at radius 1 is 0.977 bits per heavy atom. The summed E-state index contributed by atoms with van der Waals surface area (Å²) < 4.78 is 20.6. The summed E-state index contributed by atoms with van der Waals surface area (Å²) in [6, 6.07) is 18.2. The molecule has 0 aliphatic carbocycles. The van der Waals surface area contributed by atoms with Gasteiger partial charge in [0.25, 0.3) is 11.8 Å². The van der Waals surface area contributed by atoms with E-state index in [1.54, 1.807) is 52.0 Å². The number of aromatic nitrogens is 2. The number of carbonyl (C=O) groups is 3. The molecule has 5 rings (SSSR count). The molecule has 0 atom stereocenters. The first-order valence-corrected chi connectivity index (χ1v) is 14.8. The molecular formula is C34H34ClFN4O4. The third kappa shape index (κ3) is 6.53. The average molecular weight is 617 g/mol. The van der Waals surface area contributed by atoms with Crippen molar-refractivity contribution >= 4 is 35.1 Å². The molecular weight excluding hydrogens is 583 g/mol. The zero-order chi connectivity index (χ0) is 31.6. The van der Waals surface area contributed by atoms with Gasteiger partial charge in [0.15, 0.2) is 0 Å². The fourth-order valence-electron chi connectivity index (χ4n) is 5.50. The van der Waals surface area contributed by atoms with Crippen LogP contribution in [0.15, 0.2) is 72.9 Å². The summed E-state index contributed by atoms with van der Waals surface area (Å²) >= 11 is 6.47. The smallest absolute Gasteiger partial charge is 0.337 e. The highest BCUT2D eigenvalue weighted by Crippen LogP contribution is 2.32. The lowest BCUT2D eigenvalue weighted by Crippen LogP contribution is -2.38. The van der Waals surface area contributed by atoms with Gasteiger partial charge in [0.1, 0.15) is 5.82 Å². The van der Waals surface area contributed by atoms with Crippen LogP contribution in [0, 0.1) is 5.82 Å². The van der Waals surface area contributed by atoms with Gasteiger partial charge in [-0.05, 0) is 87.6 Å². The second kappa shape index (κ2) is 12.6.